The number of ether oxygens (including phenoxy) is 6. The lowest BCUT2D eigenvalue weighted by atomic mass is 10.0. The molecule has 4 aliphatic heterocycles. The van der Waals surface area contributed by atoms with Crippen LogP contribution in [0.5, 0.6) is 28.7 Å². The lowest BCUT2D eigenvalue weighted by Crippen LogP contribution is -2.39. The number of aromatic nitrogens is 1. The van der Waals surface area contributed by atoms with E-state index in [9.17, 15) is 9.59 Å². The molecule has 2 amide bonds. The minimum Gasteiger partial charge on any atom is -0.493 e. The Morgan fingerprint density at radius 3 is 2.02 bits per heavy atom. The van der Waals surface area contributed by atoms with Crippen LogP contribution >= 0.6 is 0 Å². The normalized spacial score (nSPS) is 17.2. The number of carbonyl (C=O) groups excluding carboxylic acids is 2. The van der Waals surface area contributed by atoms with Crippen LogP contribution < -0.4 is 38.8 Å². The largest absolute Gasteiger partial charge is 0.493 e. The highest BCUT2D eigenvalue weighted by Crippen LogP contribution is 2.43. The van der Waals surface area contributed by atoms with Crippen molar-refractivity contribution < 1.29 is 38.0 Å². The molecule has 0 saturated heterocycles. The average molecular weight is 880 g/mol. The van der Waals surface area contributed by atoms with Gasteiger partial charge in [-0.15, -0.1) is 0 Å². The number of para-hydroxylation sites is 2. The van der Waals surface area contributed by atoms with E-state index in [4.69, 9.17) is 38.4 Å². The number of nitrogens with one attached hydrogen (secondary N) is 1. The zero-order valence-corrected chi connectivity index (χ0v) is 38.2. The molecule has 9 rings (SSSR count). The van der Waals surface area contributed by atoms with Gasteiger partial charge in [-0.2, -0.15) is 0 Å². The van der Waals surface area contributed by atoms with Crippen LogP contribution in [0.15, 0.2) is 89.9 Å². The van der Waals surface area contributed by atoms with Crippen LogP contribution in [-0.4, -0.2) is 73.7 Å². The Balaban J connectivity index is 0.977. The molecule has 13 heteroatoms. The number of unbranched alkanes of at least 4 members (excludes halogenated alkanes) is 1. The second kappa shape index (κ2) is 17.8. The van der Waals surface area contributed by atoms with Gasteiger partial charge in [0.25, 0.3) is 11.8 Å². The van der Waals surface area contributed by atoms with Crippen LogP contribution in [0.25, 0.3) is 0 Å². The highest BCUT2D eigenvalue weighted by molar-refractivity contribution is 6.15. The minimum absolute atomic E-state index is 0.0100. The number of hydrogen-bond donors (Lipinski definition) is 1. The summed E-state index contributed by atoms with van der Waals surface area (Å²) >= 11 is 0. The maximum absolute atomic E-state index is 14.1. The Hall–Kier alpha value is -6.60. The maximum Gasteiger partial charge on any atom is 0.261 e. The lowest BCUT2D eigenvalue weighted by molar-refractivity contribution is -0.0852. The van der Waals surface area contributed by atoms with Gasteiger partial charge in [0, 0.05) is 54.8 Å². The zero-order chi connectivity index (χ0) is 45.5. The number of benzene rings is 4. The fourth-order valence-electron chi connectivity index (χ4n) is 9.12. The van der Waals surface area contributed by atoms with Crippen molar-refractivity contribution in [3.63, 3.8) is 0 Å². The first-order chi connectivity index (χ1) is 31.3. The fourth-order valence-corrected chi connectivity index (χ4v) is 9.12. The number of amides is 2. The second-order valence-corrected chi connectivity index (χ2v) is 18.3. The molecule has 2 unspecified atom stereocenters. The minimum atomic E-state index is -0.700. The third-order valence-corrected chi connectivity index (χ3v) is 12.5. The number of anilines is 3. The molecule has 5 aromatic rings. The van der Waals surface area contributed by atoms with Gasteiger partial charge in [0.2, 0.25) is 0 Å². The monoisotopic (exact) mass is 879 g/mol. The standard InChI is InChI=1S/C52H57N5O8/c1-8-9-18-51(2,3)64-31-52(4,5)65-38-21-34(29-62-47-25-41-39(23-45(47)60-6)49(58)56-36(27-53-41)19-32-14-10-12-16-43(32)56)55-35(22-38)30-63-48-26-42-40(24-46(48)61-7)50(59)57-37(28-54-42)20-33-15-11-13-17-44(33)57/h10-17,21-27,36-37,54H,8-9,18-20,28-31H2,1-7H3. The molecule has 338 valence electrons. The Bertz CT molecular complexity index is 2660. The van der Waals surface area contributed by atoms with Gasteiger partial charge >= 0.3 is 0 Å². The van der Waals surface area contributed by atoms with Crippen molar-refractivity contribution in [2.24, 2.45) is 4.99 Å². The number of carbonyl (C=O) groups is 2. The predicted octanol–water partition coefficient (Wildman–Crippen LogP) is 9.68. The zero-order valence-electron chi connectivity index (χ0n) is 38.2. The molecule has 5 heterocycles. The molecule has 0 bridgehead atoms. The van der Waals surface area contributed by atoms with Gasteiger partial charge in [0.15, 0.2) is 23.0 Å². The van der Waals surface area contributed by atoms with E-state index in [2.05, 4.69) is 32.2 Å². The van der Waals surface area contributed by atoms with Gasteiger partial charge in [-0.1, -0.05) is 56.2 Å². The van der Waals surface area contributed by atoms with Crippen molar-refractivity contribution in [3.05, 3.63) is 119 Å². The number of nitrogens with zero attached hydrogens (tertiary/aromatic N) is 4. The predicted molar refractivity (Wildman–Crippen MR) is 251 cm³/mol. The Labute approximate surface area is 380 Å². The Kier molecular flexibility index (Phi) is 11.9. The van der Waals surface area contributed by atoms with Gasteiger partial charge in [0.1, 0.15) is 24.6 Å². The molecule has 0 aliphatic carbocycles. The van der Waals surface area contributed by atoms with E-state index in [1.54, 1.807) is 32.4 Å². The first kappa shape index (κ1) is 43.6. The van der Waals surface area contributed by atoms with E-state index < -0.39 is 5.60 Å². The molecule has 2 atom stereocenters. The van der Waals surface area contributed by atoms with Crippen LogP contribution in [0.1, 0.15) is 97.1 Å². The summed E-state index contributed by atoms with van der Waals surface area (Å²) in [5, 5.41) is 3.51. The highest BCUT2D eigenvalue weighted by atomic mass is 16.6. The molecule has 0 radical (unpaired) electrons. The first-order valence-electron chi connectivity index (χ1n) is 22.5. The van der Waals surface area contributed by atoms with Gasteiger partial charge < -0.3 is 38.6 Å². The summed E-state index contributed by atoms with van der Waals surface area (Å²) in [5.41, 5.74) is 6.35. The van der Waals surface area contributed by atoms with Gasteiger partial charge in [-0.05, 0) is 75.9 Å². The average Bonchev–Trinajstić information content (AvgIpc) is 3.79. The Morgan fingerprint density at radius 2 is 1.34 bits per heavy atom. The van der Waals surface area contributed by atoms with Gasteiger partial charge in [0.05, 0.1) is 72.4 Å². The van der Waals surface area contributed by atoms with Crippen molar-refractivity contribution in [1.29, 1.82) is 0 Å². The Morgan fingerprint density at radius 1 is 0.723 bits per heavy atom. The number of rotatable bonds is 16. The van der Waals surface area contributed by atoms with E-state index >= 15 is 0 Å². The van der Waals surface area contributed by atoms with Crippen LogP contribution in [0.4, 0.5) is 22.7 Å². The summed E-state index contributed by atoms with van der Waals surface area (Å²) in [4.78, 5) is 41.6. The van der Waals surface area contributed by atoms with E-state index in [0.717, 1.165) is 48.2 Å². The second-order valence-electron chi connectivity index (χ2n) is 18.3. The molecular weight excluding hydrogens is 823 g/mol. The first-order valence-corrected chi connectivity index (χ1v) is 22.5. The number of methoxy groups -OCH3 is 2. The summed E-state index contributed by atoms with van der Waals surface area (Å²) in [6.45, 7) is 11.4. The van der Waals surface area contributed by atoms with E-state index in [1.807, 2.05) is 90.5 Å². The summed E-state index contributed by atoms with van der Waals surface area (Å²) in [6, 6.07) is 26.5. The van der Waals surface area contributed by atoms with Crippen LogP contribution in [-0.2, 0) is 30.8 Å². The van der Waals surface area contributed by atoms with Crippen LogP contribution in [0.2, 0.25) is 0 Å². The molecule has 4 aliphatic rings. The smallest absolute Gasteiger partial charge is 0.261 e. The number of pyridine rings is 1. The van der Waals surface area contributed by atoms with E-state index in [0.29, 0.717) is 82.2 Å². The molecule has 0 saturated carbocycles. The van der Waals surface area contributed by atoms with E-state index in [1.165, 1.54) is 0 Å². The van der Waals surface area contributed by atoms with E-state index in [-0.39, 0.29) is 42.7 Å². The van der Waals surface area contributed by atoms with Crippen molar-refractivity contribution in [1.82, 2.24) is 4.98 Å². The molecule has 65 heavy (non-hydrogen) atoms. The van der Waals surface area contributed by atoms with Gasteiger partial charge in [-0.25, -0.2) is 0 Å². The molecular formula is C52H57N5O8. The number of fused-ring (bicyclic) bond motifs is 8. The maximum atomic E-state index is 14.1. The topological polar surface area (TPSA) is 133 Å². The molecule has 0 fully saturated rings. The van der Waals surface area contributed by atoms with Crippen molar-refractivity contribution in [2.75, 3.05) is 42.5 Å². The molecule has 0 spiro atoms. The summed E-state index contributed by atoms with van der Waals surface area (Å²) in [5.74, 6) is 2.01. The van der Waals surface area contributed by atoms with Gasteiger partial charge in [-0.3, -0.25) is 24.5 Å². The van der Waals surface area contributed by atoms with Crippen molar-refractivity contribution in [2.45, 2.75) is 103 Å². The molecule has 4 aromatic carbocycles. The number of aliphatic imine (C=N–C) groups is 1. The summed E-state index contributed by atoms with van der Waals surface area (Å²) < 4.78 is 37.6. The molecule has 1 N–H and O–H groups in total. The highest BCUT2D eigenvalue weighted by Gasteiger charge is 2.39. The summed E-state index contributed by atoms with van der Waals surface area (Å²) in [6.07, 6.45) is 6.42. The van der Waals surface area contributed by atoms with Crippen LogP contribution in [0.3, 0.4) is 0 Å². The molecule has 13 nitrogen and oxygen atoms in total. The molecule has 1 aromatic heterocycles. The van der Waals surface area contributed by atoms with Crippen molar-refractivity contribution in [3.8, 4) is 28.7 Å². The lowest BCUT2D eigenvalue weighted by Gasteiger charge is -2.32. The van der Waals surface area contributed by atoms with Crippen molar-refractivity contribution >= 4 is 40.8 Å². The third-order valence-electron chi connectivity index (χ3n) is 12.5. The number of hydrogen-bond acceptors (Lipinski definition) is 11. The quantitative estimate of drug-likeness (QED) is 0.102. The fraction of sp³-hybridized carbons (Fsp3) is 0.385. The summed E-state index contributed by atoms with van der Waals surface area (Å²) in [7, 11) is 3.11. The van der Waals surface area contributed by atoms with Crippen LogP contribution in [0, 0.1) is 0 Å². The SMILES string of the molecule is CCCCC(C)(C)OCC(C)(C)Oc1cc(COc2cc3c(cc2OC)C(=O)N2c4ccccc4CC2C=N3)nc(COc2cc3c(cc2OC)C(=O)N2c4ccccc4CC2CN3)c1. The third kappa shape index (κ3) is 8.94.